The monoisotopic (exact) mass is 418 g/mol. The van der Waals surface area contributed by atoms with Crippen molar-refractivity contribution in [2.45, 2.75) is 37.5 Å². The number of methoxy groups -OCH3 is 1. The van der Waals surface area contributed by atoms with Gasteiger partial charge in [0.1, 0.15) is 5.75 Å². The first-order valence-corrected chi connectivity index (χ1v) is 10.9. The van der Waals surface area contributed by atoms with E-state index in [1.54, 1.807) is 19.2 Å². The van der Waals surface area contributed by atoms with Gasteiger partial charge in [-0.3, -0.25) is 4.79 Å². The fourth-order valence-corrected chi connectivity index (χ4v) is 5.04. The third kappa shape index (κ3) is 4.95. The molecule has 2 aromatic carbocycles. The molecule has 0 saturated carbocycles. The fourth-order valence-electron chi connectivity index (χ4n) is 3.40. The predicted octanol–water partition coefficient (Wildman–Crippen LogP) is 2.42. The maximum Gasteiger partial charge on any atom is 0.251 e. The molecule has 0 spiro atoms. The smallest absolute Gasteiger partial charge is 0.251 e. The van der Waals surface area contributed by atoms with Crippen LogP contribution in [-0.2, 0) is 21.3 Å². The Balaban J connectivity index is 1.75. The molecule has 0 aliphatic carbocycles. The molecule has 3 rings (SSSR count). The minimum Gasteiger partial charge on any atom is -0.496 e. The number of morpholine rings is 1. The predicted molar refractivity (Wildman–Crippen MR) is 109 cm³/mol. The van der Waals surface area contributed by atoms with E-state index in [2.05, 4.69) is 5.32 Å². The summed E-state index contributed by atoms with van der Waals surface area (Å²) < 4.78 is 38.4. The van der Waals surface area contributed by atoms with E-state index in [0.717, 1.165) is 5.56 Å². The Morgan fingerprint density at radius 1 is 1.14 bits per heavy atom. The van der Waals surface area contributed by atoms with Crippen LogP contribution in [0, 0.1) is 0 Å². The van der Waals surface area contributed by atoms with Gasteiger partial charge in [-0.15, -0.1) is 0 Å². The van der Waals surface area contributed by atoms with E-state index >= 15 is 0 Å². The highest BCUT2D eigenvalue weighted by Gasteiger charge is 2.32. The second-order valence-corrected chi connectivity index (χ2v) is 9.04. The van der Waals surface area contributed by atoms with E-state index in [9.17, 15) is 13.2 Å². The van der Waals surface area contributed by atoms with Crippen LogP contribution in [0.15, 0.2) is 53.4 Å². The maximum absolute atomic E-state index is 13.0. The van der Waals surface area contributed by atoms with E-state index in [-0.39, 0.29) is 48.2 Å². The Bertz CT molecular complexity index is 967. The summed E-state index contributed by atoms with van der Waals surface area (Å²) in [4.78, 5) is 12.7. The summed E-state index contributed by atoms with van der Waals surface area (Å²) in [6, 6.07) is 13.5. The molecule has 2 aromatic rings. The van der Waals surface area contributed by atoms with Gasteiger partial charge in [-0.25, -0.2) is 8.42 Å². The minimum absolute atomic E-state index is 0.101. The number of nitrogens with zero attached hydrogens (tertiary/aromatic N) is 1. The second-order valence-electron chi connectivity index (χ2n) is 7.10. The molecule has 1 aliphatic rings. The van der Waals surface area contributed by atoms with E-state index in [4.69, 9.17) is 9.47 Å². The van der Waals surface area contributed by atoms with Crippen LogP contribution in [0.1, 0.15) is 29.8 Å². The molecule has 1 heterocycles. The van der Waals surface area contributed by atoms with E-state index in [1.807, 2.05) is 38.1 Å². The summed E-state index contributed by atoms with van der Waals surface area (Å²) in [6.07, 6.45) is -0.360. The average molecular weight is 419 g/mol. The highest BCUT2D eigenvalue weighted by Crippen LogP contribution is 2.22. The minimum atomic E-state index is -3.71. The van der Waals surface area contributed by atoms with Crippen LogP contribution in [-0.4, -0.2) is 51.0 Å². The van der Waals surface area contributed by atoms with Crippen molar-refractivity contribution in [3.63, 3.8) is 0 Å². The number of sulfonamides is 1. The van der Waals surface area contributed by atoms with Crippen molar-refractivity contribution in [1.82, 2.24) is 9.62 Å². The Morgan fingerprint density at radius 3 is 2.52 bits per heavy atom. The Hall–Kier alpha value is -2.42. The third-order valence-electron chi connectivity index (χ3n) is 4.75. The molecule has 0 aromatic heterocycles. The lowest BCUT2D eigenvalue weighted by molar-refractivity contribution is -0.0440. The molecule has 0 bridgehead atoms. The molecule has 7 nitrogen and oxygen atoms in total. The van der Waals surface area contributed by atoms with E-state index < -0.39 is 10.0 Å². The largest absolute Gasteiger partial charge is 0.496 e. The topological polar surface area (TPSA) is 84.9 Å². The normalized spacial score (nSPS) is 20.2. The number of amides is 1. The lowest BCUT2D eigenvalue weighted by Crippen LogP contribution is -2.48. The molecule has 8 heteroatoms. The van der Waals surface area contributed by atoms with Crippen LogP contribution in [0.5, 0.6) is 5.75 Å². The van der Waals surface area contributed by atoms with Crippen molar-refractivity contribution >= 4 is 15.9 Å². The number of nitrogens with one attached hydrogen (secondary N) is 1. The Morgan fingerprint density at radius 2 is 1.83 bits per heavy atom. The lowest BCUT2D eigenvalue weighted by atomic mass is 10.2. The Kier molecular flexibility index (Phi) is 6.56. The second kappa shape index (κ2) is 8.94. The van der Waals surface area contributed by atoms with Crippen LogP contribution in [0.25, 0.3) is 0 Å². The van der Waals surface area contributed by atoms with Crippen molar-refractivity contribution in [2.24, 2.45) is 0 Å². The summed E-state index contributed by atoms with van der Waals surface area (Å²) in [5.74, 6) is 0.330. The molecular formula is C21H26N2O5S. The van der Waals surface area contributed by atoms with Crippen molar-refractivity contribution < 1.29 is 22.7 Å². The van der Waals surface area contributed by atoms with Gasteiger partial charge in [0.2, 0.25) is 10.0 Å². The molecule has 1 fully saturated rings. The van der Waals surface area contributed by atoms with Gasteiger partial charge in [0.05, 0.1) is 24.2 Å². The summed E-state index contributed by atoms with van der Waals surface area (Å²) in [5, 5.41) is 2.81. The summed E-state index contributed by atoms with van der Waals surface area (Å²) in [7, 11) is -2.14. The molecular weight excluding hydrogens is 392 g/mol. The SMILES string of the molecule is COc1ccccc1CNC(=O)c1cccc(S(=O)(=O)N2C[C@@H](C)O[C@H](C)C2)c1. The van der Waals surface area contributed by atoms with Crippen LogP contribution >= 0.6 is 0 Å². The third-order valence-corrected chi connectivity index (χ3v) is 6.58. The standard InChI is InChI=1S/C21H26N2O5S/c1-15-13-23(14-16(2)28-15)29(25,26)19-9-6-8-17(11-19)21(24)22-12-18-7-4-5-10-20(18)27-3/h4-11,15-16H,12-14H2,1-3H3,(H,22,24)/t15-,16-/m1/s1. The van der Waals surface area contributed by atoms with Crippen LogP contribution < -0.4 is 10.1 Å². The van der Waals surface area contributed by atoms with Gasteiger partial charge in [0.25, 0.3) is 5.91 Å². The number of carbonyl (C=O) groups excluding carboxylic acids is 1. The van der Waals surface area contributed by atoms with E-state index in [1.165, 1.54) is 16.4 Å². The summed E-state index contributed by atoms with van der Waals surface area (Å²) in [6.45, 7) is 4.55. The zero-order valence-electron chi connectivity index (χ0n) is 16.8. The Labute approximate surface area is 171 Å². The number of para-hydroxylation sites is 1. The lowest BCUT2D eigenvalue weighted by Gasteiger charge is -2.34. The zero-order chi connectivity index (χ0) is 21.0. The molecule has 29 heavy (non-hydrogen) atoms. The van der Waals surface area contributed by atoms with Crippen molar-refractivity contribution in [3.05, 3.63) is 59.7 Å². The number of carbonyl (C=O) groups is 1. The van der Waals surface area contributed by atoms with Crippen LogP contribution in [0.2, 0.25) is 0 Å². The van der Waals surface area contributed by atoms with Gasteiger partial charge in [-0.2, -0.15) is 4.31 Å². The van der Waals surface area contributed by atoms with Gasteiger partial charge < -0.3 is 14.8 Å². The molecule has 1 saturated heterocycles. The van der Waals surface area contributed by atoms with Gasteiger partial charge in [0.15, 0.2) is 0 Å². The molecule has 156 valence electrons. The number of ether oxygens (including phenoxy) is 2. The first kappa shape index (κ1) is 21.3. The molecule has 2 atom stereocenters. The van der Waals surface area contributed by atoms with Crippen molar-refractivity contribution in [1.29, 1.82) is 0 Å². The molecule has 0 radical (unpaired) electrons. The van der Waals surface area contributed by atoms with Gasteiger partial charge in [-0.05, 0) is 38.1 Å². The van der Waals surface area contributed by atoms with Crippen LogP contribution in [0.3, 0.4) is 0 Å². The highest BCUT2D eigenvalue weighted by atomic mass is 32.2. The molecule has 0 unspecified atom stereocenters. The number of hydrogen-bond donors (Lipinski definition) is 1. The molecule has 1 amide bonds. The highest BCUT2D eigenvalue weighted by molar-refractivity contribution is 7.89. The van der Waals surface area contributed by atoms with Gasteiger partial charge in [-0.1, -0.05) is 24.3 Å². The average Bonchev–Trinajstić information content (AvgIpc) is 2.71. The quantitative estimate of drug-likeness (QED) is 0.779. The molecule has 1 aliphatic heterocycles. The van der Waals surface area contributed by atoms with Crippen molar-refractivity contribution in [3.8, 4) is 5.75 Å². The van der Waals surface area contributed by atoms with Crippen LogP contribution in [0.4, 0.5) is 0 Å². The number of rotatable bonds is 6. The summed E-state index contributed by atoms with van der Waals surface area (Å²) in [5.41, 5.74) is 1.12. The van der Waals surface area contributed by atoms with Gasteiger partial charge in [0, 0.05) is 30.8 Å². The maximum atomic E-state index is 13.0. The first-order chi connectivity index (χ1) is 13.8. The number of hydrogen-bond acceptors (Lipinski definition) is 5. The van der Waals surface area contributed by atoms with E-state index in [0.29, 0.717) is 5.75 Å². The molecule has 1 N–H and O–H groups in total. The zero-order valence-corrected chi connectivity index (χ0v) is 17.6. The first-order valence-electron chi connectivity index (χ1n) is 9.47. The fraction of sp³-hybridized carbons (Fsp3) is 0.381. The summed E-state index contributed by atoms with van der Waals surface area (Å²) >= 11 is 0. The van der Waals surface area contributed by atoms with Gasteiger partial charge >= 0.3 is 0 Å². The van der Waals surface area contributed by atoms with Crippen molar-refractivity contribution in [2.75, 3.05) is 20.2 Å². The number of benzene rings is 2.